The van der Waals surface area contributed by atoms with Gasteiger partial charge in [0.15, 0.2) is 0 Å². The highest BCUT2D eigenvalue weighted by atomic mass is 35.5. The van der Waals surface area contributed by atoms with Crippen molar-refractivity contribution >= 4 is 40.4 Å². The van der Waals surface area contributed by atoms with Crippen LogP contribution in [0.4, 0.5) is 0 Å². The highest BCUT2D eigenvalue weighted by molar-refractivity contribution is 7.08. The molecule has 124 valence electrons. The second kappa shape index (κ2) is 7.29. The van der Waals surface area contributed by atoms with Gasteiger partial charge in [0.2, 0.25) is 11.7 Å². The maximum absolute atomic E-state index is 12.2. The third-order valence-electron chi connectivity index (χ3n) is 3.32. The van der Waals surface area contributed by atoms with Gasteiger partial charge in [-0.1, -0.05) is 29.3 Å². The molecule has 3 aromatic rings. The standard InChI is InChI=1S/C15H13Cl2N5OS/c1-9(12-3-2-11(16)6-13(12)17)18-14(23)7-22-20-15(19-21-22)10-4-5-24-8-10/h2-6,8-9H,7H2,1H3,(H,18,23)/t9-/m0/s1. The van der Waals surface area contributed by atoms with E-state index in [9.17, 15) is 4.79 Å². The summed E-state index contributed by atoms with van der Waals surface area (Å²) in [5.41, 5.74) is 1.67. The van der Waals surface area contributed by atoms with E-state index in [-0.39, 0.29) is 18.5 Å². The van der Waals surface area contributed by atoms with Gasteiger partial charge in [-0.25, -0.2) is 0 Å². The third kappa shape index (κ3) is 3.92. The maximum atomic E-state index is 12.2. The van der Waals surface area contributed by atoms with Crippen LogP contribution in [0.2, 0.25) is 10.0 Å². The van der Waals surface area contributed by atoms with Gasteiger partial charge in [-0.05, 0) is 41.3 Å². The first kappa shape index (κ1) is 16.9. The molecule has 1 N–H and O–H groups in total. The Morgan fingerprint density at radius 3 is 2.92 bits per heavy atom. The molecule has 3 rings (SSSR count). The Balaban J connectivity index is 1.63. The van der Waals surface area contributed by atoms with Gasteiger partial charge in [0.1, 0.15) is 6.54 Å². The Bertz CT molecular complexity index is 849. The molecule has 2 aromatic heterocycles. The molecule has 1 atom stereocenters. The molecule has 0 aliphatic rings. The minimum Gasteiger partial charge on any atom is -0.348 e. The summed E-state index contributed by atoms with van der Waals surface area (Å²) in [7, 11) is 0. The van der Waals surface area contributed by atoms with E-state index in [1.165, 1.54) is 4.80 Å². The van der Waals surface area contributed by atoms with E-state index in [0.717, 1.165) is 11.1 Å². The molecule has 0 saturated carbocycles. The highest BCUT2D eigenvalue weighted by Gasteiger charge is 2.15. The Hall–Kier alpha value is -1.96. The second-order valence-corrected chi connectivity index (χ2v) is 6.73. The molecule has 24 heavy (non-hydrogen) atoms. The first-order chi connectivity index (χ1) is 11.5. The Morgan fingerprint density at radius 1 is 1.38 bits per heavy atom. The van der Waals surface area contributed by atoms with Crippen molar-refractivity contribution in [2.24, 2.45) is 0 Å². The molecular formula is C15H13Cl2N5OS. The quantitative estimate of drug-likeness (QED) is 0.732. The zero-order chi connectivity index (χ0) is 17.1. The molecule has 0 spiro atoms. The van der Waals surface area contributed by atoms with E-state index in [0.29, 0.717) is 15.9 Å². The van der Waals surface area contributed by atoms with Gasteiger partial charge >= 0.3 is 0 Å². The summed E-state index contributed by atoms with van der Waals surface area (Å²) in [4.78, 5) is 13.4. The summed E-state index contributed by atoms with van der Waals surface area (Å²) >= 11 is 13.6. The van der Waals surface area contributed by atoms with Crippen molar-refractivity contribution in [1.82, 2.24) is 25.5 Å². The number of rotatable bonds is 5. The van der Waals surface area contributed by atoms with Gasteiger partial charge in [-0.2, -0.15) is 16.1 Å². The van der Waals surface area contributed by atoms with E-state index >= 15 is 0 Å². The van der Waals surface area contributed by atoms with Crippen LogP contribution >= 0.6 is 34.5 Å². The molecule has 0 bridgehead atoms. The van der Waals surface area contributed by atoms with Crippen LogP contribution in [0.1, 0.15) is 18.5 Å². The number of aromatic nitrogens is 4. The largest absolute Gasteiger partial charge is 0.348 e. The number of nitrogens with zero attached hydrogens (tertiary/aromatic N) is 4. The third-order valence-corrected chi connectivity index (χ3v) is 4.57. The van der Waals surface area contributed by atoms with E-state index in [4.69, 9.17) is 23.2 Å². The van der Waals surface area contributed by atoms with Gasteiger partial charge in [0.25, 0.3) is 0 Å². The van der Waals surface area contributed by atoms with Crippen LogP contribution in [-0.2, 0) is 11.3 Å². The Labute approximate surface area is 152 Å². The molecular weight excluding hydrogens is 369 g/mol. The molecule has 0 radical (unpaired) electrons. The Morgan fingerprint density at radius 2 is 2.21 bits per heavy atom. The van der Waals surface area contributed by atoms with Gasteiger partial charge < -0.3 is 5.32 Å². The fourth-order valence-electron chi connectivity index (χ4n) is 2.16. The van der Waals surface area contributed by atoms with Gasteiger partial charge in [0.05, 0.1) is 6.04 Å². The van der Waals surface area contributed by atoms with Crippen LogP contribution in [0, 0.1) is 0 Å². The molecule has 9 heteroatoms. The number of tetrazole rings is 1. The molecule has 1 aromatic carbocycles. The zero-order valence-electron chi connectivity index (χ0n) is 12.6. The SMILES string of the molecule is C[C@H](NC(=O)Cn1nnc(-c2ccsc2)n1)c1ccc(Cl)cc1Cl. The minimum atomic E-state index is -0.262. The lowest BCUT2D eigenvalue weighted by atomic mass is 10.1. The molecule has 0 aliphatic heterocycles. The topological polar surface area (TPSA) is 72.7 Å². The van der Waals surface area contributed by atoms with Crippen molar-refractivity contribution in [3.05, 3.63) is 50.6 Å². The van der Waals surface area contributed by atoms with Gasteiger partial charge in [-0.3, -0.25) is 4.79 Å². The van der Waals surface area contributed by atoms with Crippen LogP contribution in [0.3, 0.4) is 0 Å². The number of thiophene rings is 1. The predicted molar refractivity (Wildman–Crippen MR) is 94.1 cm³/mol. The summed E-state index contributed by atoms with van der Waals surface area (Å²) in [6.07, 6.45) is 0. The summed E-state index contributed by atoms with van der Waals surface area (Å²) in [5.74, 6) is 0.264. The number of nitrogens with one attached hydrogen (secondary N) is 1. The number of benzene rings is 1. The van der Waals surface area contributed by atoms with Crippen LogP contribution in [0.15, 0.2) is 35.0 Å². The highest BCUT2D eigenvalue weighted by Crippen LogP contribution is 2.26. The molecule has 6 nitrogen and oxygen atoms in total. The van der Waals surface area contributed by atoms with Crippen molar-refractivity contribution in [2.75, 3.05) is 0 Å². The van der Waals surface area contributed by atoms with Crippen LogP contribution < -0.4 is 5.32 Å². The lowest BCUT2D eigenvalue weighted by Crippen LogP contribution is -2.31. The average Bonchev–Trinajstić information content (AvgIpc) is 3.17. The second-order valence-electron chi connectivity index (χ2n) is 5.11. The van der Waals surface area contributed by atoms with Crippen molar-refractivity contribution in [2.45, 2.75) is 19.5 Å². The number of hydrogen-bond acceptors (Lipinski definition) is 5. The van der Waals surface area contributed by atoms with E-state index in [1.807, 2.05) is 23.8 Å². The molecule has 2 heterocycles. The van der Waals surface area contributed by atoms with Crippen molar-refractivity contribution in [3.8, 4) is 11.4 Å². The van der Waals surface area contributed by atoms with Crippen molar-refractivity contribution < 1.29 is 4.79 Å². The molecule has 0 fully saturated rings. The first-order valence-corrected chi connectivity index (χ1v) is 8.77. The monoisotopic (exact) mass is 381 g/mol. The number of amides is 1. The summed E-state index contributed by atoms with van der Waals surface area (Å²) in [5, 5.41) is 19.8. The number of hydrogen-bond donors (Lipinski definition) is 1. The normalized spacial score (nSPS) is 12.1. The maximum Gasteiger partial charge on any atom is 0.244 e. The van der Waals surface area contributed by atoms with Crippen LogP contribution in [0.25, 0.3) is 11.4 Å². The van der Waals surface area contributed by atoms with E-state index < -0.39 is 0 Å². The summed E-state index contributed by atoms with van der Waals surface area (Å²) in [6.45, 7) is 1.82. The lowest BCUT2D eigenvalue weighted by Gasteiger charge is -2.15. The van der Waals surface area contributed by atoms with Gasteiger partial charge in [0, 0.05) is 21.0 Å². The number of carbonyl (C=O) groups excluding carboxylic acids is 1. The summed E-state index contributed by atoms with van der Waals surface area (Å²) in [6, 6.07) is 6.81. The Kier molecular flexibility index (Phi) is 5.13. The smallest absolute Gasteiger partial charge is 0.244 e. The zero-order valence-corrected chi connectivity index (χ0v) is 14.9. The molecule has 0 saturated heterocycles. The van der Waals surface area contributed by atoms with Crippen LogP contribution in [-0.4, -0.2) is 26.1 Å². The fraction of sp³-hybridized carbons (Fsp3) is 0.200. The predicted octanol–water partition coefficient (Wildman–Crippen LogP) is 3.59. The number of carbonyl (C=O) groups is 1. The lowest BCUT2D eigenvalue weighted by molar-refractivity contribution is -0.122. The van der Waals surface area contributed by atoms with E-state index in [1.54, 1.807) is 29.5 Å². The first-order valence-electron chi connectivity index (χ1n) is 7.07. The van der Waals surface area contributed by atoms with E-state index in [2.05, 4.69) is 20.7 Å². The fourth-order valence-corrected chi connectivity index (χ4v) is 3.37. The van der Waals surface area contributed by atoms with Crippen molar-refractivity contribution in [3.63, 3.8) is 0 Å². The van der Waals surface area contributed by atoms with Crippen molar-refractivity contribution in [1.29, 1.82) is 0 Å². The molecule has 1 amide bonds. The average molecular weight is 382 g/mol. The van der Waals surface area contributed by atoms with Crippen LogP contribution in [0.5, 0.6) is 0 Å². The molecule has 0 aliphatic carbocycles. The van der Waals surface area contributed by atoms with Gasteiger partial charge in [-0.15, -0.1) is 10.2 Å². The minimum absolute atomic E-state index is 0.0211. The molecule has 0 unspecified atom stereocenters. The summed E-state index contributed by atoms with van der Waals surface area (Å²) < 4.78 is 0. The number of halogens is 2.